The van der Waals surface area contributed by atoms with E-state index in [1.54, 1.807) is 63.2 Å². The van der Waals surface area contributed by atoms with Gasteiger partial charge in [0.1, 0.15) is 17.4 Å². The number of aliphatic hydroxyl groups excluding tert-OH is 1. The Morgan fingerprint density at radius 2 is 1.65 bits per heavy atom. The monoisotopic (exact) mass is 649 g/mol. The fraction of sp³-hybridized carbons (Fsp3) is 0.472. The van der Waals surface area contributed by atoms with Crippen LogP contribution in [0.5, 0.6) is 5.75 Å². The van der Waals surface area contributed by atoms with Crippen molar-refractivity contribution in [3.63, 3.8) is 0 Å². The second kappa shape index (κ2) is 14.0. The van der Waals surface area contributed by atoms with Crippen molar-refractivity contribution >= 4 is 40.7 Å². The summed E-state index contributed by atoms with van der Waals surface area (Å²) < 4.78 is 12.3. The Kier molecular flexibility index (Phi) is 10.2. The molecule has 7 atom stereocenters. The Balaban J connectivity index is 1.58. The number of benzene rings is 2. The van der Waals surface area contributed by atoms with Gasteiger partial charge in [-0.05, 0) is 74.2 Å². The maximum atomic E-state index is 14.8. The first kappa shape index (κ1) is 33.7. The smallest absolute Gasteiger partial charge is 0.253 e. The quantitative estimate of drug-likeness (QED) is 0.281. The third kappa shape index (κ3) is 5.73. The van der Waals surface area contributed by atoms with Gasteiger partial charge in [0.2, 0.25) is 11.8 Å². The van der Waals surface area contributed by atoms with Crippen LogP contribution in [0.3, 0.4) is 0 Å². The van der Waals surface area contributed by atoms with Gasteiger partial charge < -0.3 is 29.3 Å². The van der Waals surface area contributed by atoms with Crippen LogP contribution in [-0.4, -0.2) is 77.8 Å². The number of aliphatic hydroxyl groups is 1. The van der Waals surface area contributed by atoms with Crippen LogP contribution in [0.4, 0.5) is 11.4 Å². The van der Waals surface area contributed by atoms with Gasteiger partial charge in [-0.1, -0.05) is 44.0 Å². The average molecular weight is 650 g/mol. The summed E-state index contributed by atoms with van der Waals surface area (Å²) >= 11 is 6.16. The van der Waals surface area contributed by atoms with Gasteiger partial charge in [0.15, 0.2) is 0 Å². The lowest BCUT2D eigenvalue weighted by atomic mass is 9.70. The zero-order valence-corrected chi connectivity index (χ0v) is 27.6. The molecule has 2 aromatic carbocycles. The van der Waals surface area contributed by atoms with Crippen molar-refractivity contribution in [2.24, 2.45) is 17.8 Å². The number of fused-ring (bicyclic) bond motifs is 1. The zero-order chi connectivity index (χ0) is 33.2. The first-order chi connectivity index (χ1) is 22.2. The van der Waals surface area contributed by atoms with Gasteiger partial charge in [-0.3, -0.25) is 14.4 Å². The number of nitrogens with zero attached hydrogens (tertiary/aromatic N) is 3. The van der Waals surface area contributed by atoms with Gasteiger partial charge >= 0.3 is 0 Å². The lowest BCUT2D eigenvalue weighted by Crippen LogP contribution is -2.60. The number of carbonyl (C=O) groups is 3. The van der Waals surface area contributed by atoms with Gasteiger partial charge in [-0.2, -0.15) is 0 Å². The van der Waals surface area contributed by atoms with E-state index in [0.29, 0.717) is 48.0 Å². The molecule has 246 valence electrons. The Morgan fingerprint density at radius 3 is 2.20 bits per heavy atom. The van der Waals surface area contributed by atoms with Crippen LogP contribution in [0.2, 0.25) is 5.02 Å². The van der Waals surface area contributed by atoms with Gasteiger partial charge in [0, 0.05) is 29.5 Å². The summed E-state index contributed by atoms with van der Waals surface area (Å²) in [4.78, 5) is 48.8. The molecule has 3 amide bonds. The molecule has 3 heterocycles. The fourth-order valence-electron chi connectivity index (χ4n) is 7.56. The van der Waals surface area contributed by atoms with Crippen molar-refractivity contribution in [2.45, 2.75) is 63.8 Å². The van der Waals surface area contributed by atoms with Crippen molar-refractivity contribution in [1.82, 2.24) is 4.90 Å². The van der Waals surface area contributed by atoms with Gasteiger partial charge in [0.25, 0.3) is 5.91 Å². The predicted octanol–water partition coefficient (Wildman–Crippen LogP) is 5.26. The molecule has 0 aromatic heterocycles. The molecule has 10 heteroatoms. The second-order valence-electron chi connectivity index (χ2n) is 12.3. The summed E-state index contributed by atoms with van der Waals surface area (Å²) in [6.07, 6.45) is 4.39. The molecule has 2 bridgehead atoms. The van der Waals surface area contributed by atoms with E-state index in [-0.39, 0.29) is 43.3 Å². The van der Waals surface area contributed by atoms with E-state index in [2.05, 4.69) is 13.2 Å². The van der Waals surface area contributed by atoms with Crippen LogP contribution in [0.25, 0.3) is 0 Å². The average Bonchev–Trinajstić information content (AvgIpc) is 3.71. The fourth-order valence-corrected chi connectivity index (χ4v) is 7.69. The third-order valence-electron chi connectivity index (χ3n) is 9.86. The van der Waals surface area contributed by atoms with E-state index in [1.165, 1.54) is 0 Å². The minimum atomic E-state index is -1.23. The normalized spacial score (nSPS) is 25.9. The van der Waals surface area contributed by atoms with Gasteiger partial charge in [-0.25, -0.2) is 0 Å². The molecule has 2 aromatic rings. The van der Waals surface area contributed by atoms with Crippen molar-refractivity contribution in [3.05, 3.63) is 78.9 Å². The maximum Gasteiger partial charge on any atom is 0.253 e. The minimum absolute atomic E-state index is 0.115. The zero-order valence-electron chi connectivity index (χ0n) is 26.8. The van der Waals surface area contributed by atoms with E-state index in [1.807, 2.05) is 32.9 Å². The molecular weight excluding hydrogens is 606 g/mol. The molecule has 5 rings (SSSR count). The van der Waals surface area contributed by atoms with E-state index >= 15 is 0 Å². The molecule has 0 radical (unpaired) electrons. The van der Waals surface area contributed by atoms with E-state index < -0.39 is 35.6 Å². The molecule has 3 aliphatic heterocycles. The van der Waals surface area contributed by atoms with Crippen LogP contribution in [0, 0.1) is 17.8 Å². The highest BCUT2D eigenvalue weighted by Crippen LogP contribution is 2.59. The van der Waals surface area contributed by atoms with Crippen molar-refractivity contribution < 1.29 is 29.0 Å². The van der Waals surface area contributed by atoms with Crippen LogP contribution in [0.1, 0.15) is 40.0 Å². The molecule has 9 nitrogen and oxygen atoms in total. The SMILES string of the molecule is C=CCN(C(=O)C1N([C@@H](CO)[C@@H](C)CC)C(=O)[C@@H]2[C@H](C(=O)N(CC=C)c3ccc(OCC)cc3)[C@@H]3CCC12O3)c1ccc(Cl)cc1. The van der Waals surface area contributed by atoms with Crippen molar-refractivity contribution in [1.29, 1.82) is 0 Å². The molecule has 3 saturated heterocycles. The lowest BCUT2D eigenvalue weighted by molar-refractivity contribution is -0.145. The van der Waals surface area contributed by atoms with Crippen LogP contribution < -0.4 is 14.5 Å². The lowest BCUT2D eigenvalue weighted by Gasteiger charge is -2.40. The highest BCUT2D eigenvalue weighted by Gasteiger charge is 2.75. The standard InChI is InChI=1S/C36H44ClN3O6/c1-6-20-38(26-14-16-27(17-15-26)45-9-4)33(42)30-29-18-19-36(46-29)31(30)34(43)40(28(22-41)23(5)8-3)32(36)35(44)39(21-7-2)25-12-10-24(37)11-13-25/h6-7,10-17,23,28-32,41H,1-2,8-9,18-22H2,3-5H3/t23-,28-,29-,30+,31-,32?,36?/m0/s1. The molecule has 1 spiro atoms. The number of ether oxygens (including phenoxy) is 2. The highest BCUT2D eigenvalue weighted by molar-refractivity contribution is 6.30. The highest BCUT2D eigenvalue weighted by atomic mass is 35.5. The summed E-state index contributed by atoms with van der Waals surface area (Å²) in [5.74, 6) is -2.07. The second-order valence-corrected chi connectivity index (χ2v) is 12.8. The molecule has 3 aliphatic rings. The first-order valence-electron chi connectivity index (χ1n) is 16.1. The number of anilines is 2. The molecule has 3 fully saturated rings. The van der Waals surface area contributed by atoms with Crippen LogP contribution >= 0.6 is 11.6 Å². The Morgan fingerprint density at radius 1 is 1.07 bits per heavy atom. The topological polar surface area (TPSA) is 99.6 Å². The van der Waals surface area contributed by atoms with Crippen molar-refractivity contribution in [2.75, 3.05) is 36.1 Å². The van der Waals surface area contributed by atoms with E-state index in [0.717, 1.165) is 0 Å². The summed E-state index contributed by atoms with van der Waals surface area (Å²) in [5, 5.41) is 11.2. The number of carbonyl (C=O) groups excluding carboxylic acids is 3. The number of amides is 3. The first-order valence-corrected chi connectivity index (χ1v) is 16.5. The predicted molar refractivity (Wildman–Crippen MR) is 179 cm³/mol. The molecule has 46 heavy (non-hydrogen) atoms. The maximum absolute atomic E-state index is 14.8. The summed E-state index contributed by atoms with van der Waals surface area (Å²) in [6.45, 7) is 14.2. The number of halogens is 1. The summed E-state index contributed by atoms with van der Waals surface area (Å²) in [7, 11) is 0. The third-order valence-corrected chi connectivity index (χ3v) is 10.1. The Hall–Kier alpha value is -3.66. The van der Waals surface area contributed by atoms with E-state index in [9.17, 15) is 19.5 Å². The minimum Gasteiger partial charge on any atom is -0.494 e. The number of hydrogen-bond acceptors (Lipinski definition) is 6. The van der Waals surface area contributed by atoms with E-state index in [4.69, 9.17) is 21.1 Å². The van der Waals surface area contributed by atoms with Crippen LogP contribution in [-0.2, 0) is 19.1 Å². The number of rotatable bonds is 14. The Labute approximate surface area is 276 Å². The molecule has 2 unspecified atom stereocenters. The number of hydrogen-bond donors (Lipinski definition) is 1. The summed E-state index contributed by atoms with van der Waals surface area (Å²) in [6, 6.07) is 12.5. The van der Waals surface area contributed by atoms with Gasteiger partial charge in [0.05, 0.1) is 37.2 Å². The van der Waals surface area contributed by atoms with Crippen molar-refractivity contribution in [3.8, 4) is 5.75 Å². The largest absolute Gasteiger partial charge is 0.494 e. The molecule has 1 N–H and O–H groups in total. The molecule has 0 aliphatic carbocycles. The van der Waals surface area contributed by atoms with Gasteiger partial charge in [-0.15, -0.1) is 13.2 Å². The molecular formula is C36H44ClN3O6. The van der Waals surface area contributed by atoms with Crippen LogP contribution in [0.15, 0.2) is 73.8 Å². The summed E-state index contributed by atoms with van der Waals surface area (Å²) in [5.41, 5.74) is 0.0104. The Bertz CT molecular complexity index is 1450. The number of likely N-dealkylation sites (tertiary alicyclic amines) is 1. The molecule has 0 saturated carbocycles.